The number of benzene rings is 1. The van der Waals surface area contributed by atoms with Gasteiger partial charge in [0.1, 0.15) is 5.75 Å². The van der Waals surface area contributed by atoms with E-state index in [9.17, 15) is 5.11 Å². The Morgan fingerprint density at radius 2 is 2.12 bits per heavy atom. The van der Waals surface area contributed by atoms with Crippen molar-refractivity contribution in [1.29, 1.82) is 5.26 Å². The van der Waals surface area contributed by atoms with Crippen LogP contribution in [0.3, 0.4) is 0 Å². The summed E-state index contributed by atoms with van der Waals surface area (Å²) in [5, 5.41) is 22.1. The summed E-state index contributed by atoms with van der Waals surface area (Å²) in [5.74, 6) is 0.273. The third-order valence-corrected chi connectivity index (χ3v) is 3.31. The molecular formula is C13H17N3O. The van der Waals surface area contributed by atoms with E-state index >= 15 is 0 Å². The van der Waals surface area contributed by atoms with E-state index in [1.165, 1.54) is 0 Å². The maximum Gasteiger partial charge on any atom is 0.120 e. The maximum atomic E-state index is 9.88. The number of rotatable bonds is 2. The number of aromatic hydroxyl groups is 1. The predicted molar refractivity (Wildman–Crippen MR) is 65.7 cm³/mol. The highest BCUT2D eigenvalue weighted by Crippen LogP contribution is 2.29. The van der Waals surface area contributed by atoms with Crippen molar-refractivity contribution in [3.05, 3.63) is 29.3 Å². The third-order valence-electron chi connectivity index (χ3n) is 3.31. The van der Waals surface area contributed by atoms with Crippen LogP contribution in [0.5, 0.6) is 5.75 Å². The Balaban J connectivity index is 2.23. The van der Waals surface area contributed by atoms with Gasteiger partial charge in [0.25, 0.3) is 0 Å². The van der Waals surface area contributed by atoms with Gasteiger partial charge in [-0.1, -0.05) is 0 Å². The summed E-state index contributed by atoms with van der Waals surface area (Å²) in [6.45, 7) is 5.96. The lowest BCUT2D eigenvalue weighted by molar-refractivity contribution is 0.183. The summed E-state index contributed by atoms with van der Waals surface area (Å²) >= 11 is 0. The molecule has 2 rings (SSSR count). The second kappa shape index (κ2) is 5.17. The van der Waals surface area contributed by atoms with Crippen molar-refractivity contribution in [2.24, 2.45) is 0 Å². The molecule has 1 fully saturated rings. The van der Waals surface area contributed by atoms with E-state index in [0.717, 1.165) is 31.7 Å². The van der Waals surface area contributed by atoms with Crippen LogP contribution in [0.4, 0.5) is 0 Å². The molecule has 90 valence electrons. The molecule has 4 nitrogen and oxygen atoms in total. The number of nitrogens with one attached hydrogen (secondary N) is 1. The average molecular weight is 231 g/mol. The Kier molecular flexibility index (Phi) is 3.62. The van der Waals surface area contributed by atoms with Gasteiger partial charge in [-0.15, -0.1) is 0 Å². The molecule has 1 saturated heterocycles. The van der Waals surface area contributed by atoms with Gasteiger partial charge in [-0.05, 0) is 25.1 Å². The van der Waals surface area contributed by atoms with Gasteiger partial charge in [0.05, 0.1) is 11.6 Å². The minimum absolute atomic E-state index is 0.144. The van der Waals surface area contributed by atoms with Crippen molar-refractivity contribution in [3.63, 3.8) is 0 Å². The van der Waals surface area contributed by atoms with E-state index in [1.54, 1.807) is 18.2 Å². The fourth-order valence-corrected chi connectivity index (χ4v) is 2.22. The molecule has 1 heterocycles. The second-order valence-electron chi connectivity index (χ2n) is 4.35. The van der Waals surface area contributed by atoms with E-state index in [0.29, 0.717) is 5.56 Å². The highest BCUT2D eigenvalue weighted by atomic mass is 16.3. The van der Waals surface area contributed by atoms with Crippen molar-refractivity contribution in [2.75, 3.05) is 26.2 Å². The molecule has 17 heavy (non-hydrogen) atoms. The molecule has 0 radical (unpaired) electrons. The van der Waals surface area contributed by atoms with Crippen LogP contribution in [-0.4, -0.2) is 36.2 Å². The minimum atomic E-state index is 0.144. The Morgan fingerprint density at radius 1 is 1.41 bits per heavy atom. The molecule has 1 atom stereocenters. The largest absolute Gasteiger partial charge is 0.508 e. The smallest absolute Gasteiger partial charge is 0.120 e. The summed E-state index contributed by atoms with van der Waals surface area (Å²) in [4.78, 5) is 2.31. The summed E-state index contributed by atoms with van der Waals surface area (Å²) in [6, 6.07) is 7.28. The van der Waals surface area contributed by atoms with Crippen LogP contribution < -0.4 is 5.32 Å². The first-order valence-electron chi connectivity index (χ1n) is 5.90. The predicted octanol–water partition coefficient (Wildman–Crippen LogP) is 1.23. The first-order valence-corrected chi connectivity index (χ1v) is 5.90. The molecule has 4 heteroatoms. The van der Waals surface area contributed by atoms with Gasteiger partial charge in [0, 0.05) is 37.8 Å². The normalized spacial score (nSPS) is 18.6. The van der Waals surface area contributed by atoms with Gasteiger partial charge < -0.3 is 10.4 Å². The number of phenols is 1. The quantitative estimate of drug-likeness (QED) is 0.803. The molecule has 0 amide bonds. The van der Waals surface area contributed by atoms with Crippen LogP contribution in [0.1, 0.15) is 24.1 Å². The molecule has 0 aliphatic carbocycles. The molecule has 2 N–H and O–H groups in total. The molecule has 1 aliphatic heterocycles. The number of hydrogen-bond acceptors (Lipinski definition) is 4. The Morgan fingerprint density at radius 3 is 2.76 bits per heavy atom. The number of phenolic OH excluding ortho intramolecular Hbond substituents is 1. The topological polar surface area (TPSA) is 59.3 Å². The first-order chi connectivity index (χ1) is 8.22. The monoisotopic (exact) mass is 231 g/mol. The molecule has 1 aromatic carbocycles. The zero-order chi connectivity index (χ0) is 12.3. The number of piperazine rings is 1. The van der Waals surface area contributed by atoms with Crippen molar-refractivity contribution >= 4 is 0 Å². The van der Waals surface area contributed by atoms with Crippen LogP contribution in [0, 0.1) is 11.3 Å². The Bertz CT molecular complexity index is 433. The van der Waals surface area contributed by atoms with Gasteiger partial charge in [-0.25, -0.2) is 0 Å². The van der Waals surface area contributed by atoms with Crippen LogP contribution in [0.2, 0.25) is 0 Å². The zero-order valence-corrected chi connectivity index (χ0v) is 9.98. The molecule has 1 aromatic rings. The molecule has 1 aliphatic rings. The number of nitriles is 1. The van der Waals surface area contributed by atoms with Crippen LogP contribution >= 0.6 is 0 Å². The molecule has 0 bridgehead atoms. The zero-order valence-electron chi connectivity index (χ0n) is 9.98. The highest BCUT2D eigenvalue weighted by molar-refractivity contribution is 5.42. The average Bonchev–Trinajstić information content (AvgIpc) is 2.39. The molecule has 0 aromatic heterocycles. The fourth-order valence-electron chi connectivity index (χ4n) is 2.22. The minimum Gasteiger partial charge on any atom is -0.508 e. The molecular weight excluding hydrogens is 214 g/mol. The van der Waals surface area contributed by atoms with E-state index in [4.69, 9.17) is 5.26 Å². The summed E-state index contributed by atoms with van der Waals surface area (Å²) in [7, 11) is 0. The second-order valence-corrected chi connectivity index (χ2v) is 4.35. The van der Waals surface area contributed by atoms with E-state index in [-0.39, 0.29) is 11.8 Å². The van der Waals surface area contributed by atoms with Crippen LogP contribution in [0.25, 0.3) is 0 Å². The highest BCUT2D eigenvalue weighted by Gasteiger charge is 2.20. The summed E-state index contributed by atoms with van der Waals surface area (Å²) < 4.78 is 0. The lowest BCUT2D eigenvalue weighted by atomic mass is 10.0. The Hall–Kier alpha value is -1.57. The van der Waals surface area contributed by atoms with Gasteiger partial charge in [0.2, 0.25) is 0 Å². The van der Waals surface area contributed by atoms with Gasteiger partial charge in [-0.3, -0.25) is 4.90 Å². The fraction of sp³-hybridized carbons (Fsp3) is 0.462. The number of hydrogen-bond donors (Lipinski definition) is 2. The van der Waals surface area contributed by atoms with Gasteiger partial charge in [-0.2, -0.15) is 5.26 Å². The van der Waals surface area contributed by atoms with Crippen LogP contribution in [0.15, 0.2) is 18.2 Å². The third kappa shape index (κ3) is 2.57. The van der Waals surface area contributed by atoms with Gasteiger partial charge in [0.15, 0.2) is 0 Å². The van der Waals surface area contributed by atoms with Crippen LogP contribution in [-0.2, 0) is 0 Å². The van der Waals surface area contributed by atoms with E-state index in [2.05, 4.69) is 23.2 Å². The standard InChI is InChI=1S/C13H17N3O/c1-10(16-6-4-15-5-7-16)12-8-11(9-14)2-3-13(12)17/h2-3,8,10,15,17H,4-7H2,1H3/t10-/m1/s1. The first kappa shape index (κ1) is 11.9. The van der Waals surface area contributed by atoms with Crippen molar-refractivity contribution in [2.45, 2.75) is 13.0 Å². The van der Waals surface area contributed by atoms with Crippen molar-refractivity contribution in [3.8, 4) is 11.8 Å². The SMILES string of the molecule is C[C@H](c1cc(C#N)ccc1O)N1CCNCC1. The summed E-state index contributed by atoms with van der Waals surface area (Å²) in [5.41, 5.74) is 1.44. The van der Waals surface area contributed by atoms with E-state index in [1.807, 2.05) is 0 Å². The molecule has 0 unspecified atom stereocenters. The lowest BCUT2D eigenvalue weighted by Crippen LogP contribution is -2.44. The Labute approximate surface area is 101 Å². The molecule has 0 spiro atoms. The van der Waals surface area contributed by atoms with E-state index < -0.39 is 0 Å². The van der Waals surface area contributed by atoms with Gasteiger partial charge >= 0.3 is 0 Å². The maximum absolute atomic E-state index is 9.88. The lowest BCUT2D eigenvalue weighted by Gasteiger charge is -2.33. The molecule has 0 saturated carbocycles. The van der Waals surface area contributed by atoms with Crippen molar-refractivity contribution < 1.29 is 5.11 Å². The summed E-state index contributed by atoms with van der Waals surface area (Å²) in [6.07, 6.45) is 0. The van der Waals surface area contributed by atoms with Crippen molar-refractivity contribution in [1.82, 2.24) is 10.2 Å². The number of nitrogens with zero attached hydrogens (tertiary/aromatic N) is 2.